The molecule has 7 rings (SSSR count). The highest BCUT2D eigenvalue weighted by Crippen LogP contribution is 2.42. The second kappa shape index (κ2) is 13.0. The third-order valence-corrected chi connectivity index (χ3v) is 8.62. The molecule has 0 bridgehead atoms. The lowest BCUT2D eigenvalue weighted by molar-refractivity contribution is 0.698. The fraction of sp³-hybridized carbons (Fsp3) is 0.0465. The fourth-order valence-electron chi connectivity index (χ4n) is 6.52. The van der Waals surface area contributed by atoms with Crippen molar-refractivity contribution < 1.29 is 0 Å². The second-order valence-corrected chi connectivity index (χ2v) is 11.4. The Bertz CT molecular complexity index is 1630. The number of benzene rings is 6. The molecule has 6 aromatic carbocycles. The molecule has 0 aliphatic carbocycles. The first-order chi connectivity index (χ1) is 22.8. The lowest BCUT2D eigenvalue weighted by Crippen LogP contribution is -2.39. The van der Waals surface area contributed by atoms with E-state index in [1.54, 1.807) is 0 Å². The van der Waals surface area contributed by atoms with E-state index >= 15 is 0 Å². The van der Waals surface area contributed by atoms with E-state index in [0.717, 1.165) is 45.0 Å². The van der Waals surface area contributed by atoms with E-state index in [9.17, 15) is 0 Å². The third kappa shape index (κ3) is 5.44. The smallest absolute Gasteiger partial charge is 0.129 e. The van der Waals surface area contributed by atoms with Gasteiger partial charge in [-0.15, -0.1) is 0 Å². The number of hydrogen-bond donors (Lipinski definition) is 2. The number of pyridine rings is 1. The van der Waals surface area contributed by atoms with E-state index in [-0.39, 0.29) is 0 Å². The van der Waals surface area contributed by atoms with Crippen LogP contribution in [0.25, 0.3) is 0 Å². The average molecular weight is 594 g/mol. The molecular formula is C43H35N3. The highest BCUT2D eigenvalue weighted by atomic mass is 15.1. The predicted octanol–water partition coefficient (Wildman–Crippen LogP) is 9.89. The van der Waals surface area contributed by atoms with Crippen LogP contribution in [-0.2, 0) is 11.1 Å². The third-order valence-electron chi connectivity index (χ3n) is 8.62. The highest BCUT2D eigenvalue weighted by Gasteiger charge is 2.38. The van der Waals surface area contributed by atoms with Gasteiger partial charge in [0.05, 0.1) is 0 Å². The molecule has 0 atom stereocenters. The van der Waals surface area contributed by atoms with Crippen LogP contribution in [0, 0.1) is 0 Å². The van der Waals surface area contributed by atoms with Crippen molar-refractivity contribution in [2.24, 2.45) is 0 Å². The summed E-state index contributed by atoms with van der Waals surface area (Å²) < 4.78 is 0. The van der Waals surface area contributed by atoms with Gasteiger partial charge in [-0.3, -0.25) is 0 Å². The number of nitrogens with one attached hydrogen (secondary N) is 2. The molecule has 222 valence electrons. The van der Waals surface area contributed by atoms with Crippen LogP contribution in [0.3, 0.4) is 0 Å². The summed E-state index contributed by atoms with van der Waals surface area (Å²) in [5, 5.41) is 7.87. The first-order valence-electron chi connectivity index (χ1n) is 15.7. The second-order valence-electron chi connectivity index (χ2n) is 11.4. The van der Waals surface area contributed by atoms with Gasteiger partial charge in [0, 0.05) is 0 Å². The topological polar surface area (TPSA) is 37.0 Å². The maximum Gasteiger partial charge on any atom is 0.129 e. The van der Waals surface area contributed by atoms with E-state index < -0.39 is 11.1 Å². The van der Waals surface area contributed by atoms with Crippen LogP contribution in [0.4, 0.5) is 11.6 Å². The molecule has 0 spiro atoms. The van der Waals surface area contributed by atoms with E-state index in [1.807, 2.05) is 12.1 Å². The van der Waals surface area contributed by atoms with Crippen LogP contribution >= 0.6 is 0 Å². The SMILES string of the molecule is c1ccc(C(Nc2cccc(NC(c3ccccc3)(c3ccccc3)c3ccccc3)n2)(c2ccccc2)c2ccccc2)cc1. The standard InChI is InChI=1S/C43H35N3/c1-7-20-34(21-8-1)42(35-22-9-2-10-23-35,36-24-11-3-12-25-36)45-40-32-19-33-41(44-40)46-43(37-26-13-4-14-27-37,38-28-15-5-16-29-38)39-30-17-6-18-31-39/h1-33H,(H2,44,45,46). The predicted molar refractivity (Wildman–Crippen MR) is 190 cm³/mol. The van der Waals surface area contributed by atoms with Gasteiger partial charge in [-0.2, -0.15) is 0 Å². The maximum atomic E-state index is 5.27. The molecule has 46 heavy (non-hydrogen) atoms. The zero-order valence-corrected chi connectivity index (χ0v) is 25.5. The molecule has 0 radical (unpaired) electrons. The van der Waals surface area contributed by atoms with Crippen LogP contribution < -0.4 is 10.6 Å². The van der Waals surface area contributed by atoms with Crippen LogP contribution in [0.15, 0.2) is 200 Å². The molecule has 7 aromatic rings. The zero-order valence-electron chi connectivity index (χ0n) is 25.5. The Hall–Kier alpha value is -5.93. The summed E-state index contributed by atoms with van der Waals surface area (Å²) >= 11 is 0. The van der Waals surface area contributed by atoms with Crippen LogP contribution in [0.5, 0.6) is 0 Å². The van der Waals surface area contributed by atoms with Crippen molar-refractivity contribution in [1.82, 2.24) is 4.98 Å². The largest absolute Gasteiger partial charge is 0.353 e. The molecule has 0 unspecified atom stereocenters. The van der Waals surface area contributed by atoms with E-state index in [1.165, 1.54) is 0 Å². The summed E-state index contributed by atoms with van der Waals surface area (Å²) in [4.78, 5) is 5.27. The minimum atomic E-state index is -0.690. The lowest BCUT2D eigenvalue weighted by Gasteiger charge is -2.38. The fourth-order valence-corrected chi connectivity index (χ4v) is 6.52. The van der Waals surface area contributed by atoms with Gasteiger partial charge in [0.1, 0.15) is 22.7 Å². The summed E-state index contributed by atoms with van der Waals surface area (Å²) in [6.45, 7) is 0. The number of aromatic nitrogens is 1. The number of anilines is 2. The van der Waals surface area contributed by atoms with Crippen molar-refractivity contribution in [3.8, 4) is 0 Å². The Morgan fingerprint density at radius 3 is 0.696 bits per heavy atom. The number of hydrogen-bond acceptors (Lipinski definition) is 3. The van der Waals surface area contributed by atoms with Gasteiger partial charge in [-0.25, -0.2) is 4.98 Å². The minimum absolute atomic E-state index is 0.690. The van der Waals surface area contributed by atoms with Gasteiger partial charge in [-0.05, 0) is 45.5 Å². The van der Waals surface area contributed by atoms with Gasteiger partial charge < -0.3 is 10.6 Å². The molecule has 0 saturated carbocycles. The van der Waals surface area contributed by atoms with Gasteiger partial charge >= 0.3 is 0 Å². The summed E-state index contributed by atoms with van der Waals surface area (Å²) in [7, 11) is 0. The normalized spacial score (nSPS) is 11.5. The van der Waals surface area contributed by atoms with Crippen molar-refractivity contribution >= 4 is 11.6 Å². The average Bonchev–Trinajstić information content (AvgIpc) is 3.15. The molecule has 1 heterocycles. The highest BCUT2D eigenvalue weighted by molar-refractivity contribution is 5.62. The van der Waals surface area contributed by atoms with Gasteiger partial charge in [0.15, 0.2) is 0 Å². The van der Waals surface area contributed by atoms with Crippen molar-refractivity contribution in [2.45, 2.75) is 11.1 Å². The molecule has 0 fully saturated rings. The van der Waals surface area contributed by atoms with Crippen molar-refractivity contribution in [1.29, 1.82) is 0 Å². The monoisotopic (exact) mass is 593 g/mol. The van der Waals surface area contributed by atoms with Crippen molar-refractivity contribution in [2.75, 3.05) is 10.6 Å². The van der Waals surface area contributed by atoms with Gasteiger partial charge in [0.2, 0.25) is 0 Å². The molecular weight excluding hydrogens is 558 g/mol. The molecule has 2 N–H and O–H groups in total. The molecule has 3 heteroatoms. The van der Waals surface area contributed by atoms with Crippen LogP contribution in [-0.4, -0.2) is 4.98 Å². The first kappa shape index (κ1) is 28.8. The molecule has 1 aromatic heterocycles. The van der Waals surface area contributed by atoms with Crippen LogP contribution in [0.2, 0.25) is 0 Å². The molecule has 0 aliphatic rings. The lowest BCUT2D eigenvalue weighted by atomic mass is 9.77. The quantitative estimate of drug-likeness (QED) is 0.155. The zero-order chi connectivity index (χ0) is 31.1. The Morgan fingerprint density at radius 2 is 0.478 bits per heavy atom. The van der Waals surface area contributed by atoms with E-state index in [2.05, 4.69) is 199 Å². The van der Waals surface area contributed by atoms with Crippen molar-refractivity contribution in [3.05, 3.63) is 234 Å². The molecule has 3 nitrogen and oxygen atoms in total. The maximum absolute atomic E-state index is 5.27. The van der Waals surface area contributed by atoms with Gasteiger partial charge in [0.25, 0.3) is 0 Å². The summed E-state index contributed by atoms with van der Waals surface area (Å²) in [5.41, 5.74) is 5.37. The Labute approximate surface area is 271 Å². The van der Waals surface area contributed by atoms with E-state index in [4.69, 9.17) is 4.98 Å². The Balaban J connectivity index is 1.39. The van der Waals surface area contributed by atoms with E-state index in [0.29, 0.717) is 0 Å². The Kier molecular flexibility index (Phi) is 8.13. The Morgan fingerprint density at radius 1 is 0.261 bits per heavy atom. The number of rotatable bonds is 10. The van der Waals surface area contributed by atoms with Crippen LogP contribution in [0.1, 0.15) is 33.4 Å². The summed E-state index contributed by atoms with van der Waals surface area (Å²) in [6, 6.07) is 69.8. The molecule has 0 aliphatic heterocycles. The first-order valence-corrected chi connectivity index (χ1v) is 15.7. The van der Waals surface area contributed by atoms with Gasteiger partial charge in [-0.1, -0.05) is 188 Å². The van der Waals surface area contributed by atoms with Crippen molar-refractivity contribution in [3.63, 3.8) is 0 Å². The summed E-state index contributed by atoms with van der Waals surface area (Å²) in [6.07, 6.45) is 0. The summed E-state index contributed by atoms with van der Waals surface area (Å²) in [5.74, 6) is 1.51. The molecule has 0 saturated heterocycles. The number of nitrogens with zero attached hydrogens (tertiary/aromatic N) is 1. The molecule has 0 amide bonds. The minimum Gasteiger partial charge on any atom is -0.353 e.